The Kier molecular flexibility index (Phi) is 4.69. The highest BCUT2D eigenvalue weighted by atomic mass is 16.1. The first-order valence-corrected chi connectivity index (χ1v) is 9.22. The summed E-state index contributed by atoms with van der Waals surface area (Å²) in [4.78, 5) is 29.6. The Labute approximate surface area is 157 Å². The van der Waals surface area contributed by atoms with Gasteiger partial charge in [0.1, 0.15) is 0 Å². The molecule has 0 saturated heterocycles. The molecule has 27 heavy (non-hydrogen) atoms. The van der Waals surface area contributed by atoms with Crippen LogP contribution >= 0.6 is 0 Å². The van der Waals surface area contributed by atoms with Gasteiger partial charge in [0, 0.05) is 22.3 Å². The fourth-order valence-electron chi connectivity index (χ4n) is 3.68. The van der Waals surface area contributed by atoms with E-state index in [1.165, 1.54) is 0 Å². The molecule has 0 radical (unpaired) electrons. The first-order valence-electron chi connectivity index (χ1n) is 9.22. The van der Waals surface area contributed by atoms with Gasteiger partial charge in [-0.2, -0.15) is 0 Å². The summed E-state index contributed by atoms with van der Waals surface area (Å²) >= 11 is 0. The van der Waals surface area contributed by atoms with E-state index in [0.717, 1.165) is 53.4 Å². The third-order valence-electron chi connectivity index (χ3n) is 5.05. The van der Waals surface area contributed by atoms with Crippen LogP contribution in [0.4, 0.5) is 5.69 Å². The van der Waals surface area contributed by atoms with Crippen molar-refractivity contribution in [2.75, 3.05) is 11.9 Å². The van der Waals surface area contributed by atoms with E-state index < -0.39 is 0 Å². The molecule has 0 aliphatic heterocycles. The van der Waals surface area contributed by atoms with Crippen LogP contribution in [0.1, 0.15) is 44.8 Å². The van der Waals surface area contributed by atoms with Crippen LogP contribution in [0.25, 0.3) is 10.9 Å². The van der Waals surface area contributed by atoms with E-state index in [9.17, 15) is 9.59 Å². The smallest absolute Gasteiger partial charge is 0.256 e. The molecule has 5 heteroatoms. The number of aryl methyl sites for hydroxylation is 1. The Balaban J connectivity index is 1.71. The second kappa shape index (κ2) is 7.29. The van der Waals surface area contributed by atoms with Gasteiger partial charge in [0.15, 0.2) is 5.78 Å². The number of carbonyl (C=O) groups is 2. The van der Waals surface area contributed by atoms with Gasteiger partial charge in [0.25, 0.3) is 5.91 Å². The minimum Gasteiger partial charge on any atom is -0.324 e. The lowest BCUT2D eigenvalue weighted by Crippen LogP contribution is -2.19. The van der Waals surface area contributed by atoms with Crippen molar-refractivity contribution < 1.29 is 9.59 Å². The van der Waals surface area contributed by atoms with Gasteiger partial charge in [0.2, 0.25) is 0 Å². The molecule has 1 aromatic heterocycles. The lowest BCUT2D eigenvalue weighted by molar-refractivity contribution is 0.0999. The molecule has 0 atom stereocenters. The molecule has 0 fully saturated rings. The number of para-hydroxylation sites is 1. The number of benzene rings is 2. The van der Waals surface area contributed by atoms with Crippen molar-refractivity contribution >= 4 is 28.3 Å². The van der Waals surface area contributed by atoms with Crippen molar-refractivity contribution in [2.45, 2.75) is 25.7 Å². The van der Waals surface area contributed by atoms with Crippen molar-refractivity contribution in [3.63, 3.8) is 0 Å². The van der Waals surface area contributed by atoms with Crippen molar-refractivity contribution in [3.8, 4) is 0 Å². The number of ketones is 1. The number of pyridine rings is 1. The number of rotatable bonds is 4. The van der Waals surface area contributed by atoms with E-state index in [4.69, 9.17) is 10.7 Å². The Hall–Kier alpha value is -3.05. The summed E-state index contributed by atoms with van der Waals surface area (Å²) in [6, 6.07) is 14.6. The van der Waals surface area contributed by atoms with Crippen LogP contribution in [0, 0.1) is 0 Å². The number of fused-ring (bicyclic) bond motifs is 2. The Morgan fingerprint density at radius 1 is 1.00 bits per heavy atom. The molecular weight excluding hydrogens is 338 g/mol. The summed E-state index contributed by atoms with van der Waals surface area (Å²) in [6.07, 6.45) is 3.97. The number of anilines is 1. The maximum atomic E-state index is 13.1. The molecule has 3 aromatic rings. The van der Waals surface area contributed by atoms with E-state index >= 15 is 0 Å². The molecular formula is C22H21N3O2. The SMILES string of the molecule is NCC(=O)c1ccc(NC(=O)c2c3c(nc4ccccc24)CCCC3)cc1. The fourth-order valence-corrected chi connectivity index (χ4v) is 3.68. The zero-order chi connectivity index (χ0) is 18.8. The zero-order valence-electron chi connectivity index (χ0n) is 15.0. The number of nitrogens with zero attached hydrogens (tertiary/aromatic N) is 1. The second-order valence-electron chi connectivity index (χ2n) is 6.80. The summed E-state index contributed by atoms with van der Waals surface area (Å²) in [5.41, 5.74) is 10.3. The van der Waals surface area contributed by atoms with Gasteiger partial charge in [0.05, 0.1) is 17.6 Å². The Bertz CT molecular complexity index is 1030. The van der Waals surface area contributed by atoms with E-state index in [2.05, 4.69) is 5.32 Å². The van der Waals surface area contributed by atoms with Crippen LogP contribution in [-0.2, 0) is 12.8 Å². The van der Waals surface area contributed by atoms with E-state index in [1.54, 1.807) is 24.3 Å². The first kappa shape index (κ1) is 17.4. The molecule has 3 N–H and O–H groups in total. The second-order valence-corrected chi connectivity index (χ2v) is 6.80. The molecule has 4 rings (SSSR count). The summed E-state index contributed by atoms with van der Waals surface area (Å²) in [7, 11) is 0. The van der Waals surface area contributed by atoms with Gasteiger partial charge in [-0.1, -0.05) is 18.2 Å². The highest BCUT2D eigenvalue weighted by Gasteiger charge is 2.22. The number of aromatic nitrogens is 1. The average molecular weight is 359 g/mol. The fraction of sp³-hybridized carbons (Fsp3) is 0.227. The van der Waals surface area contributed by atoms with Gasteiger partial charge in [-0.05, 0) is 61.6 Å². The first-order chi connectivity index (χ1) is 13.2. The van der Waals surface area contributed by atoms with Crippen LogP contribution < -0.4 is 11.1 Å². The maximum absolute atomic E-state index is 13.1. The van der Waals surface area contributed by atoms with Crippen LogP contribution in [0.2, 0.25) is 0 Å². The number of nitrogens with one attached hydrogen (secondary N) is 1. The molecule has 1 amide bonds. The number of hydrogen-bond donors (Lipinski definition) is 2. The van der Waals surface area contributed by atoms with Crippen molar-refractivity contribution in [1.82, 2.24) is 4.98 Å². The molecule has 0 bridgehead atoms. The number of amides is 1. The van der Waals surface area contributed by atoms with Gasteiger partial charge < -0.3 is 11.1 Å². The summed E-state index contributed by atoms with van der Waals surface area (Å²) in [6.45, 7) is -0.0269. The van der Waals surface area contributed by atoms with Crippen LogP contribution in [-0.4, -0.2) is 23.2 Å². The van der Waals surface area contributed by atoms with Crippen LogP contribution in [0.3, 0.4) is 0 Å². The van der Waals surface area contributed by atoms with Crippen LogP contribution in [0.15, 0.2) is 48.5 Å². The molecule has 0 spiro atoms. The lowest BCUT2D eigenvalue weighted by atomic mass is 9.89. The number of Topliss-reactive ketones (excluding diaryl/α,β-unsaturated/α-hetero) is 1. The van der Waals surface area contributed by atoms with Crippen molar-refractivity contribution in [3.05, 3.63) is 70.9 Å². The topological polar surface area (TPSA) is 85.1 Å². The quantitative estimate of drug-likeness (QED) is 0.698. The predicted octanol–water partition coefficient (Wildman–Crippen LogP) is 3.51. The van der Waals surface area contributed by atoms with Gasteiger partial charge >= 0.3 is 0 Å². The lowest BCUT2D eigenvalue weighted by Gasteiger charge is -2.20. The Morgan fingerprint density at radius 2 is 1.74 bits per heavy atom. The van der Waals surface area contributed by atoms with E-state index in [1.807, 2.05) is 24.3 Å². The van der Waals surface area contributed by atoms with Gasteiger partial charge in [-0.15, -0.1) is 0 Å². The number of carbonyl (C=O) groups excluding carboxylic acids is 2. The largest absolute Gasteiger partial charge is 0.324 e. The molecule has 136 valence electrons. The van der Waals surface area contributed by atoms with E-state index in [0.29, 0.717) is 11.3 Å². The van der Waals surface area contributed by atoms with Crippen LogP contribution in [0.5, 0.6) is 0 Å². The highest BCUT2D eigenvalue weighted by molar-refractivity contribution is 6.13. The normalized spacial score (nSPS) is 13.2. The maximum Gasteiger partial charge on any atom is 0.256 e. The minimum atomic E-state index is -0.135. The standard InChI is InChI=1S/C22H21N3O2/c23-13-20(26)14-9-11-15(12-10-14)24-22(27)21-16-5-1-3-7-18(16)25-19-8-4-2-6-17(19)21/h1,3,5,7,9-12H,2,4,6,8,13,23H2,(H,24,27). The minimum absolute atomic E-state index is 0.0269. The van der Waals surface area contributed by atoms with Crippen molar-refractivity contribution in [2.24, 2.45) is 5.73 Å². The van der Waals surface area contributed by atoms with Gasteiger partial charge in [-0.3, -0.25) is 14.6 Å². The summed E-state index contributed by atoms with van der Waals surface area (Å²) in [5.74, 6) is -0.258. The molecule has 2 aromatic carbocycles. The van der Waals surface area contributed by atoms with Crippen molar-refractivity contribution in [1.29, 1.82) is 0 Å². The van der Waals surface area contributed by atoms with E-state index in [-0.39, 0.29) is 18.2 Å². The molecule has 5 nitrogen and oxygen atoms in total. The molecule has 1 aliphatic carbocycles. The molecule has 0 unspecified atom stereocenters. The highest BCUT2D eigenvalue weighted by Crippen LogP contribution is 2.30. The zero-order valence-corrected chi connectivity index (χ0v) is 15.0. The molecule has 1 aliphatic rings. The number of hydrogen-bond acceptors (Lipinski definition) is 4. The summed E-state index contributed by atoms with van der Waals surface area (Å²) < 4.78 is 0. The molecule has 0 saturated carbocycles. The predicted molar refractivity (Wildman–Crippen MR) is 106 cm³/mol. The Morgan fingerprint density at radius 3 is 2.52 bits per heavy atom. The third-order valence-corrected chi connectivity index (χ3v) is 5.05. The monoisotopic (exact) mass is 359 g/mol. The number of nitrogens with two attached hydrogens (primary N) is 1. The summed E-state index contributed by atoms with van der Waals surface area (Å²) in [5, 5.41) is 3.86. The molecule has 1 heterocycles. The third kappa shape index (κ3) is 3.34. The average Bonchev–Trinajstić information content (AvgIpc) is 2.71. The van der Waals surface area contributed by atoms with Gasteiger partial charge in [-0.25, -0.2) is 0 Å².